The van der Waals surface area contributed by atoms with Gasteiger partial charge in [-0.2, -0.15) is 8.42 Å². The van der Waals surface area contributed by atoms with Crippen molar-refractivity contribution < 1.29 is 81.4 Å². The van der Waals surface area contributed by atoms with Crippen LogP contribution < -0.4 is 5.32 Å². The summed E-state index contributed by atoms with van der Waals surface area (Å²) in [5.74, 6) is -1.89. The maximum absolute atomic E-state index is 12.1. The number of amides is 1. The van der Waals surface area contributed by atoms with Crippen molar-refractivity contribution in [1.29, 1.82) is 0 Å². The number of ether oxygens (including phenoxy) is 4. The van der Waals surface area contributed by atoms with Crippen LogP contribution in [0.2, 0.25) is 0 Å². The lowest BCUT2D eigenvalue weighted by Gasteiger charge is -2.45. The normalized spacial score (nSPS) is 35.5. The van der Waals surface area contributed by atoms with Crippen LogP contribution in [0.3, 0.4) is 0 Å². The average Bonchev–Trinajstić information content (AvgIpc) is 2.86. The number of aliphatic hydroxyl groups is 6. The van der Waals surface area contributed by atoms with Crippen LogP contribution in [-0.4, -0.2) is 148 Å². The Balaban J connectivity index is 1.91. The van der Waals surface area contributed by atoms with Gasteiger partial charge in [-0.1, -0.05) is 6.42 Å². The summed E-state index contributed by atoms with van der Waals surface area (Å²) in [4.78, 5) is 22.9. The molecular formula is C20H35NO17S. The fourth-order valence-electron chi connectivity index (χ4n) is 3.89. The van der Waals surface area contributed by atoms with Gasteiger partial charge in [-0.15, -0.1) is 0 Å². The first kappa shape index (κ1) is 33.6. The Morgan fingerprint density at radius 3 is 2.10 bits per heavy atom. The van der Waals surface area contributed by atoms with Gasteiger partial charge >= 0.3 is 16.4 Å². The van der Waals surface area contributed by atoms with Crippen LogP contribution in [-0.2, 0) is 43.1 Å². The summed E-state index contributed by atoms with van der Waals surface area (Å²) in [5.41, 5.74) is 0. The molecule has 2 saturated heterocycles. The third kappa shape index (κ3) is 10.4. The minimum atomic E-state index is -4.53. The van der Waals surface area contributed by atoms with Crippen LogP contribution in [0, 0.1) is 0 Å². The Hall–Kier alpha value is -1.59. The zero-order valence-electron chi connectivity index (χ0n) is 20.6. The number of unbranched alkanes of at least 4 members (excludes halogenated alkanes) is 2. The maximum atomic E-state index is 12.1. The SMILES string of the molecule is O=C(O)CO[C@H]1[C@@H](O)[C@H](CO)O[C@@H](O[C@H]2O[C@H](CNC(=O)CCCCCOS(=O)(=O)O)[C@@H](O)[C@@H](O)[C@@H]2O)[C@@H]1O. The van der Waals surface area contributed by atoms with Crippen molar-refractivity contribution in [2.75, 3.05) is 26.4 Å². The molecule has 228 valence electrons. The molecule has 0 saturated carbocycles. The second-order valence-corrected chi connectivity index (χ2v) is 9.98. The molecule has 2 heterocycles. The standard InChI is InChI=1S/C20H35NO17S/c22-7-10-14(27)18(34-8-12(24)25)17(30)20(37-10)38-19-16(29)15(28)13(26)9(36-19)6-21-11(23)4-2-1-3-5-35-39(31,32)33/h9-10,13-20,22,26-30H,1-8H2,(H,21,23)(H,24,25)(H,31,32,33)/t9-,10+,13-,14+,15-,16+,17-,18+,19-,20+/m1/s1. The third-order valence-electron chi connectivity index (χ3n) is 5.94. The molecule has 39 heavy (non-hydrogen) atoms. The van der Waals surface area contributed by atoms with Crippen LogP contribution >= 0.6 is 0 Å². The van der Waals surface area contributed by atoms with E-state index in [1.54, 1.807) is 0 Å². The van der Waals surface area contributed by atoms with Crippen LogP contribution in [0.1, 0.15) is 25.7 Å². The molecule has 0 aromatic rings. The van der Waals surface area contributed by atoms with E-state index in [1.807, 2.05) is 0 Å². The highest BCUT2D eigenvalue weighted by Crippen LogP contribution is 2.29. The van der Waals surface area contributed by atoms with Gasteiger partial charge in [0, 0.05) is 13.0 Å². The topological polar surface area (TPSA) is 288 Å². The van der Waals surface area contributed by atoms with E-state index in [4.69, 9.17) is 28.6 Å². The van der Waals surface area contributed by atoms with Gasteiger partial charge in [0.25, 0.3) is 0 Å². The van der Waals surface area contributed by atoms with Crippen molar-refractivity contribution in [3.8, 4) is 0 Å². The van der Waals surface area contributed by atoms with E-state index < -0.39 is 96.9 Å². The fourth-order valence-corrected chi connectivity index (χ4v) is 4.22. The lowest BCUT2D eigenvalue weighted by atomic mass is 9.97. The van der Waals surface area contributed by atoms with Gasteiger partial charge in [-0.05, 0) is 12.8 Å². The molecule has 2 rings (SSSR count). The van der Waals surface area contributed by atoms with E-state index in [2.05, 4.69) is 9.50 Å². The summed E-state index contributed by atoms with van der Waals surface area (Å²) < 4.78 is 54.7. The summed E-state index contributed by atoms with van der Waals surface area (Å²) in [6, 6.07) is 0. The van der Waals surface area contributed by atoms with Gasteiger partial charge in [-0.3, -0.25) is 9.35 Å². The smallest absolute Gasteiger partial charge is 0.397 e. The zero-order chi connectivity index (χ0) is 29.3. The quantitative estimate of drug-likeness (QED) is 0.0636. The third-order valence-corrected chi connectivity index (χ3v) is 6.40. The molecule has 2 aliphatic heterocycles. The van der Waals surface area contributed by atoms with Crippen molar-refractivity contribution in [1.82, 2.24) is 5.32 Å². The molecule has 2 aliphatic rings. The number of hydrogen-bond acceptors (Lipinski definition) is 15. The predicted octanol–water partition coefficient (Wildman–Crippen LogP) is -4.78. The van der Waals surface area contributed by atoms with Gasteiger partial charge < -0.3 is 60.0 Å². The zero-order valence-corrected chi connectivity index (χ0v) is 21.4. The summed E-state index contributed by atoms with van der Waals surface area (Å²) in [6.45, 7) is -2.28. The number of carboxylic acids is 1. The predicted molar refractivity (Wildman–Crippen MR) is 122 cm³/mol. The number of aliphatic hydroxyl groups excluding tert-OH is 6. The Morgan fingerprint density at radius 1 is 0.846 bits per heavy atom. The average molecular weight is 594 g/mol. The molecule has 0 bridgehead atoms. The van der Waals surface area contributed by atoms with Crippen LogP contribution in [0.25, 0.3) is 0 Å². The monoisotopic (exact) mass is 593 g/mol. The number of nitrogens with one attached hydrogen (secondary N) is 1. The Bertz CT molecular complexity index is 889. The van der Waals surface area contributed by atoms with Crippen LogP contribution in [0.5, 0.6) is 0 Å². The first-order chi connectivity index (χ1) is 18.2. The van der Waals surface area contributed by atoms with Crippen molar-refractivity contribution in [3.05, 3.63) is 0 Å². The van der Waals surface area contributed by atoms with Gasteiger partial charge in [0.15, 0.2) is 12.6 Å². The Kier molecular flexibility index (Phi) is 13.3. The summed E-state index contributed by atoms with van der Waals surface area (Å²) >= 11 is 0. The molecule has 0 radical (unpaired) electrons. The molecule has 0 aliphatic carbocycles. The lowest BCUT2D eigenvalue weighted by Crippen LogP contribution is -2.64. The minimum absolute atomic E-state index is 0.00447. The number of carboxylic acid groups (broad SMARTS) is 1. The number of hydrogen-bond donors (Lipinski definition) is 9. The molecule has 0 unspecified atom stereocenters. The first-order valence-corrected chi connectivity index (χ1v) is 13.3. The molecule has 18 nitrogen and oxygen atoms in total. The highest BCUT2D eigenvalue weighted by Gasteiger charge is 2.50. The maximum Gasteiger partial charge on any atom is 0.397 e. The fraction of sp³-hybridized carbons (Fsp3) is 0.900. The van der Waals surface area contributed by atoms with E-state index >= 15 is 0 Å². The molecule has 0 aromatic heterocycles. The van der Waals surface area contributed by atoms with E-state index in [0.717, 1.165) is 0 Å². The second-order valence-electron chi connectivity index (χ2n) is 8.89. The van der Waals surface area contributed by atoms with E-state index in [0.29, 0.717) is 12.8 Å². The van der Waals surface area contributed by atoms with Crippen LogP contribution in [0.15, 0.2) is 0 Å². The largest absolute Gasteiger partial charge is 0.480 e. The number of carbonyl (C=O) groups is 2. The van der Waals surface area contributed by atoms with Crippen molar-refractivity contribution >= 4 is 22.3 Å². The highest BCUT2D eigenvalue weighted by atomic mass is 32.3. The molecule has 1 amide bonds. The molecular weight excluding hydrogens is 558 g/mol. The number of carbonyl (C=O) groups excluding carboxylic acids is 1. The second kappa shape index (κ2) is 15.4. The number of aliphatic carboxylic acids is 1. The molecule has 0 spiro atoms. The molecule has 10 atom stereocenters. The van der Waals surface area contributed by atoms with Crippen molar-refractivity contribution in [2.45, 2.75) is 87.1 Å². The molecule has 19 heteroatoms. The molecule has 2 fully saturated rings. The summed E-state index contributed by atoms with van der Waals surface area (Å²) in [5, 5.41) is 72.3. The van der Waals surface area contributed by atoms with Crippen molar-refractivity contribution in [2.24, 2.45) is 0 Å². The molecule has 9 N–H and O–H groups in total. The Labute approximate surface area is 222 Å². The van der Waals surface area contributed by atoms with Gasteiger partial charge in [0.2, 0.25) is 5.91 Å². The Morgan fingerprint density at radius 2 is 1.49 bits per heavy atom. The first-order valence-electron chi connectivity index (χ1n) is 11.9. The van der Waals surface area contributed by atoms with E-state index in [1.165, 1.54) is 0 Å². The van der Waals surface area contributed by atoms with Gasteiger partial charge in [0.1, 0.15) is 55.4 Å². The van der Waals surface area contributed by atoms with Crippen molar-refractivity contribution in [3.63, 3.8) is 0 Å². The molecule has 0 aromatic carbocycles. The van der Waals surface area contributed by atoms with Gasteiger partial charge in [-0.25, -0.2) is 8.98 Å². The minimum Gasteiger partial charge on any atom is -0.480 e. The van der Waals surface area contributed by atoms with Gasteiger partial charge in [0.05, 0.1) is 13.2 Å². The van der Waals surface area contributed by atoms with E-state index in [9.17, 15) is 48.6 Å². The number of rotatable bonds is 15. The van der Waals surface area contributed by atoms with Crippen LogP contribution in [0.4, 0.5) is 0 Å². The highest BCUT2D eigenvalue weighted by molar-refractivity contribution is 7.80. The summed E-state index contributed by atoms with van der Waals surface area (Å²) in [6.07, 6.45) is -15.6. The lowest BCUT2D eigenvalue weighted by molar-refractivity contribution is -0.376. The summed E-state index contributed by atoms with van der Waals surface area (Å²) in [7, 11) is -4.53. The van der Waals surface area contributed by atoms with E-state index in [-0.39, 0.29) is 26.0 Å².